The predicted molar refractivity (Wildman–Crippen MR) is 90.7 cm³/mol. The van der Waals surface area contributed by atoms with Gasteiger partial charge in [-0.2, -0.15) is 0 Å². The minimum absolute atomic E-state index is 0.00608. The van der Waals surface area contributed by atoms with Crippen molar-refractivity contribution in [1.82, 2.24) is 5.32 Å². The number of rotatable bonds is 4. The average molecular weight is 340 g/mol. The summed E-state index contributed by atoms with van der Waals surface area (Å²) in [5.74, 6) is -2.43. The van der Waals surface area contributed by atoms with Gasteiger partial charge in [0.05, 0.1) is 17.9 Å². The van der Waals surface area contributed by atoms with E-state index in [1.807, 2.05) is 42.5 Å². The summed E-state index contributed by atoms with van der Waals surface area (Å²) < 4.78 is 0. The smallest absolute Gasteiger partial charge is 0.307 e. The highest BCUT2D eigenvalue weighted by atomic mass is 16.4. The van der Waals surface area contributed by atoms with Crippen LogP contribution in [-0.2, 0) is 14.4 Å². The number of carbonyl (C=O) groups is 3. The molecule has 1 saturated carbocycles. The molecule has 130 valence electrons. The molecule has 0 aromatic heterocycles. The number of benzene rings is 1. The van der Waals surface area contributed by atoms with E-state index in [9.17, 15) is 19.5 Å². The van der Waals surface area contributed by atoms with E-state index in [1.54, 1.807) is 4.90 Å². The van der Waals surface area contributed by atoms with E-state index in [-0.39, 0.29) is 36.1 Å². The zero-order chi connectivity index (χ0) is 17.6. The monoisotopic (exact) mass is 340 g/mol. The highest BCUT2D eigenvalue weighted by Gasteiger charge is 2.52. The number of hydrogen-bond donors (Lipinski definition) is 2. The summed E-state index contributed by atoms with van der Waals surface area (Å²) in [6, 6.07) is 9.07. The van der Waals surface area contributed by atoms with Crippen molar-refractivity contribution in [2.24, 2.45) is 23.7 Å². The standard InChI is InChI=1S/C19H20N2O4/c22-15-9-13(10-21(15)14-4-2-1-3-5-14)20-18(23)16-11-6-7-12(8-11)17(16)19(24)25/h1-7,11-13,16-17H,8-10H2,(H,20,23)(H,24,25)/t11-,12-,13+,16-,17+/m0/s1. The Morgan fingerprint density at radius 1 is 1.08 bits per heavy atom. The van der Waals surface area contributed by atoms with E-state index < -0.39 is 17.8 Å². The van der Waals surface area contributed by atoms with Crippen molar-refractivity contribution in [3.8, 4) is 0 Å². The second-order valence-corrected chi connectivity index (χ2v) is 7.09. The Morgan fingerprint density at radius 3 is 2.44 bits per heavy atom. The topological polar surface area (TPSA) is 86.7 Å². The lowest BCUT2D eigenvalue weighted by Gasteiger charge is -2.25. The van der Waals surface area contributed by atoms with Gasteiger partial charge in [0.2, 0.25) is 11.8 Å². The molecule has 2 aliphatic carbocycles. The highest BCUT2D eigenvalue weighted by molar-refractivity contribution is 5.97. The molecule has 2 N–H and O–H groups in total. The fourth-order valence-electron chi connectivity index (χ4n) is 4.48. The molecule has 2 fully saturated rings. The molecular formula is C19H20N2O4. The minimum Gasteiger partial charge on any atom is -0.481 e. The van der Waals surface area contributed by atoms with Gasteiger partial charge >= 0.3 is 5.97 Å². The second-order valence-electron chi connectivity index (χ2n) is 7.09. The van der Waals surface area contributed by atoms with E-state index in [0.717, 1.165) is 12.1 Å². The van der Waals surface area contributed by atoms with Gasteiger partial charge in [-0.3, -0.25) is 14.4 Å². The van der Waals surface area contributed by atoms with Gasteiger partial charge < -0.3 is 15.3 Å². The van der Waals surface area contributed by atoms with Crippen LogP contribution in [0.4, 0.5) is 5.69 Å². The van der Waals surface area contributed by atoms with Crippen molar-refractivity contribution in [3.63, 3.8) is 0 Å². The fourth-order valence-corrected chi connectivity index (χ4v) is 4.48. The van der Waals surface area contributed by atoms with E-state index in [2.05, 4.69) is 5.32 Å². The van der Waals surface area contributed by atoms with Crippen molar-refractivity contribution in [3.05, 3.63) is 42.5 Å². The van der Waals surface area contributed by atoms with Crippen LogP contribution in [0.25, 0.3) is 0 Å². The maximum atomic E-state index is 12.7. The first-order chi connectivity index (χ1) is 12.0. The fraction of sp³-hybridized carbons (Fsp3) is 0.421. The number of carboxylic acids is 1. The predicted octanol–water partition coefficient (Wildman–Crippen LogP) is 1.43. The molecule has 1 aromatic carbocycles. The van der Waals surface area contributed by atoms with Crippen molar-refractivity contribution in [2.75, 3.05) is 11.4 Å². The van der Waals surface area contributed by atoms with Crippen LogP contribution in [0.2, 0.25) is 0 Å². The Balaban J connectivity index is 1.44. The molecule has 0 unspecified atom stereocenters. The third-order valence-electron chi connectivity index (χ3n) is 5.59. The van der Waals surface area contributed by atoms with Crippen LogP contribution in [0, 0.1) is 23.7 Å². The Labute approximate surface area is 145 Å². The number of para-hydroxylation sites is 1. The van der Waals surface area contributed by atoms with E-state index >= 15 is 0 Å². The quantitative estimate of drug-likeness (QED) is 0.812. The van der Waals surface area contributed by atoms with Gasteiger partial charge in [0.1, 0.15) is 0 Å². The number of nitrogens with zero attached hydrogens (tertiary/aromatic N) is 1. The van der Waals surface area contributed by atoms with Gasteiger partial charge in [0.15, 0.2) is 0 Å². The number of carboxylic acid groups (broad SMARTS) is 1. The van der Waals surface area contributed by atoms with Crippen LogP contribution >= 0.6 is 0 Å². The van der Waals surface area contributed by atoms with Gasteiger partial charge in [-0.25, -0.2) is 0 Å². The number of allylic oxidation sites excluding steroid dienone is 2. The molecule has 1 aromatic rings. The number of carbonyl (C=O) groups excluding carboxylic acids is 2. The van der Waals surface area contributed by atoms with Crippen LogP contribution < -0.4 is 10.2 Å². The molecular weight excluding hydrogens is 320 g/mol. The normalized spacial score (nSPS) is 33.0. The largest absolute Gasteiger partial charge is 0.481 e. The molecule has 25 heavy (non-hydrogen) atoms. The number of anilines is 1. The van der Waals surface area contributed by atoms with Gasteiger partial charge in [-0.1, -0.05) is 30.4 Å². The van der Waals surface area contributed by atoms with Gasteiger partial charge in [0, 0.05) is 18.7 Å². The average Bonchev–Trinajstić information content (AvgIpc) is 3.29. The summed E-state index contributed by atoms with van der Waals surface area (Å²) in [4.78, 5) is 38.2. The number of hydrogen-bond acceptors (Lipinski definition) is 3. The highest BCUT2D eigenvalue weighted by Crippen LogP contribution is 2.48. The lowest BCUT2D eigenvalue weighted by Crippen LogP contribution is -2.45. The molecule has 0 spiro atoms. The van der Waals surface area contributed by atoms with Crippen LogP contribution in [0.5, 0.6) is 0 Å². The molecule has 2 amide bonds. The Bertz CT molecular complexity index is 745. The number of nitrogens with one attached hydrogen (secondary N) is 1. The van der Waals surface area contributed by atoms with E-state index in [0.29, 0.717) is 6.54 Å². The summed E-state index contributed by atoms with van der Waals surface area (Å²) >= 11 is 0. The summed E-state index contributed by atoms with van der Waals surface area (Å²) in [5, 5.41) is 12.4. The third kappa shape index (κ3) is 2.71. The van der Waals surface area contributed by atoms with Crippen LogP contribution in [0.15, 0.2) is 42.5 Å². The Hall–Kier alpha value is -2.63. The van der Waals surface area contributed by atoms with Crippen molar-refractivity contribution < 1.29 is 19.5 Å². The zero-order valence-corrected chi connectivity index (χ0v) is 13.7. The van der Waals surface area contributed by atoms with Crippen LogP contribution in [0.1, 0.15) is 12.8 Å². The summed E-state index contributed by atoms with van der Waals surface area (Å²) in [6.45, 7) is 0.420. The van der Waals surface area contributed by atoms with Crippen LogP contribution in [0.3, 0.4) is 0 Å². The molecule has 0 radical (unpaired) electrons. The number of amides is 2. The third-order valence-corrected chi connectivity index (χ3v) is 5.59. The lowest BCUT2D eigenvalue weighted by atomic mass is 9.82. The maximum Gasteiger partial charge on any atom is 0.307 e. The summed E-state index contributed by atoms with van der Waals surface area (Å²) in [6.07, 6.45) is 4.86. The molecule has 1 heterocycles. The molecule has 4 rings (SSSR count). The van der Waals surface area contributed by atoms with Gasteiger partial charge in [-0.15, -0.1) is 0 Å². The minimum atomic E-state index is -0.912. The first-order valence-electron chi connectivity index (χ1n) is 8.61. The molecule has 6 nitrogen and oxygen atoms in total. The van der Waals surface area contributed by atoms with Crippen molar-refractivity contribution in [1.29, 1.82) is 0 Å². The van der Waals surface area contributed by atoms with Crippen molar-refractivity contribution in [2.45, 2.75) is 18.9 Å². The second kappa shape index (κ2) is 6.02. The maximum absolute atomic E-state index is 12.7. The summed E-state index contributed by atoms with van der Waals surface area (Å²) in [7, 11) is 0. The van der Waals surface area contributed by atoms with E-state index in [1.165, 1.54) is 0 Å². The number of fused-ring (bicyclic) bond motifs is 2. The molecule has 3 aliphatic rings. The van der Waals surface area contributed by atoms with Gasteiger partial charge in [0.25, 0.3) is 0 Å². The molecule has 6 heteroatoms. The zero-order valence-electron chi connectivity index (χ0n) is 13.7. The lowest BCUT2D eigenvalue weighted by molar-refractivity contribution is -0.148. The SMILES string of the molecule is O=C(N[C@@H]1CC(=O)N(c2ccccc2)C1)[C@@H]1[C@H](C(=O)O)[C@H]2C=C[C@H]1C2. The Kier molecular flexibility index (Phi) is 3.82. The Morgan fingerprint density at radius 2 is 1.76 bits per heavy atom. The first kappa shape index (κ1) is 15.9. The molecule has 2 bridgehead atoms. The van der Waals surface area contributed by atoms with Crippen LogP contribution in [-0.4, -0.2) is 35.5 Å². The van der Waals surface area contributed by atoms with Crippen molar-refractivity contribution >= 4 is 23.5 Å². The molecule has 5 atom stereocenters. The molecule has 1 aliphatic heterocycles. The van der Waals surface area contributed by atoms with E-state index in [4.69, 9.17) is 0 Å². The molecule has 1 saturated heterocycles. The first-order valence-corrected chi connectivity index (χ1v) is 8.61. The number of aliphatic carboxylic acids is 1. The van der Waals surface area contributed by atoms with Gasteiger partial charge in [-0.05, 0) is 30.4 Å². The summed E-state index contributed by atoms with van der Waals surface area (Å²) in [5.41, 5.74) is 0.815.